The zero-order chi connectivity index (χ0) is 10.1. The summed E-state index contributed by atoms with van der Waals surface area (Å²) in [5, 5.41) is 0. The summed E-state index contributed by atoms with van der Waals surface area (Å²) in [6, 6.07) is 6.34. The Morgan fingerprint density at radius 1 is 1.50 bits per heavy atom. The molecular formula is C12H15BrO. The predicted octanol–water partition coefficient (Wildman–Crippen LogP) is 3.71. The number of benzene rings is 1. The number of fused-ring (bicyclic) bond motifs is 1. The number of hydrogen-bond donors (Lipinski definition) is 0. The lowest BCUT2D eigenvalue weighted by Crippen LogP contribution is -1.96. The summed E-state index contributed by atoms with van der Waals surface area (Å²) in [5.74, 6) is 1.74. The molecule has 0 amide bonds. The summed E-state index contributed by atoms with van der Waals surface area (Å²) in [7, 11) is 0. The first-order valence-electron chi connectivity index (χ1n) is 5.12. The molecule has 0 heterocycles. The molecule has 0 fully saturated rings. The van der Waals surface area contributed by atoms with Crippen LogP contribution in [0, 0.1) is 5.92 Å². The van der Waals surface area contributed by atoms with Gasteiger partial charge in [0.2, 0.25) is 0 Å². The van der Waals surface area contributed by atoms with Crippen LogP contribution < -0.4 is 4.74 Å². The molecule has 0 saturated heterocycles. The van der Waals surface area contributed by atoms with E-state index in [0.29, 0.717) is 10.7 Å². The van der Waals surface area contributed by atoms with Crippen LogP contribution in [0.4, 0.5) is 0 Å². The molecule has 1 nitrogen and oxygen atoms in total. The fourth-order valence-corrected chi connectivity index (χ4v) is 2.70. The zero-order valence-electron chi connectivity index (χ0n) is 8.59. The molecule has 0 N–H and O–H groups in total. The molecule has 2 heteroatoms. The molecule has 1 aromatic rings. The minimum atomic E-state index is 0.498. The Morgan fingerprint density at radius 3 is 3.00 bits per heavy atom. The van der Waals surface area contributed by atoms with Gasteiger partial charge in [-0.15, -0.1) is 0 Å². The average molecular weight is 255 g/mol. The van der Waals surface area contributed by atoms with Gasteiger partial charge in [0.1, 0.15) is 5.75 Å². The molecule has 2 unspecified atom stereocenters. The van der Waals surface area contributed by atoms with E-state index in [1.807, 2.05) is 6.92 Å². The molecule has 2 rings (SSSR count). The quantitative estimate of drug-likeness (QED) is 0.732. The number of ether oxygens (including phenoxy) is 1. The minimum absolute atomic E-state index is 0.498. The fraction of sp³-hybridized carbons (Fsp3) is 0.500. The van der Waals surface area contributed by atoms with Gasteiger partial charge in [0.25, 0.3) is 0 Å². The van der Waals surface area contributed by atoms with E-state index in [1.165, 1.54) is 11.1 Å². The largest absolute Gasteiger partial charge is 0.494 e. The first-order valence-corrected chi connectivity index (χ1v) is 6.04. The second-order valence-corrected chi connectivity index (χ2v) is 4.83. The average Bonchev–Trinajstić information content (AvgIpc) is 2.46. The smallest absolute Gasteiger partial charge is 0.122 e. The molecule has 0 aromatic heterocycles. The van der Waals surface area contributed by atoms with Crippen molar-refractivity contribution in [2.24, 2.45) is 5.92 Å². The number of halogens is 1. The van der Waals surface area contributed by atoms with Crippen LogP contribution in [0.2, 0.25) is 0 Å². The topological polar surface area (TPSA) is 9.23 Å². The van der Waals surface area contributed by atoms with E-state index in [4.69, 9.17) is 4.74 Å². The molecule has 0 bridgehead atoms. The van der Waals surface area contributed by atoms with Crippen molar-refractivity contribution in [3.63, 3.8) is 0 Å². The Bertz CT molecular complexity index is 335. The van der Waals surface area contributed by atoms with Crippen molar-refractivity contribution < 1.29 is 4.74 Å². The van der Waals surface area contributed by atoms with E-state index < -0.39 is 0 Å². The first-order chi connectivity index (χ1) is 6.74. The Hall–Kier alpha value is -0.500. The van der Waals surface area contributed by atoms with Gasteiger partial charge in [-0.1, -0.05) is 35.0 Å². The highest BCUT2D eigenvalue weighted by Crippen LogP contribution is 2.45. The van der Waals surface area contributed by atoms with Gasteiger partial charge in [-0.05, 0) is 36.5 Å². The SMILES string of the molecule is CCOc1cccc2c1CC(C)C2Br. The van der Waals surface area contributed by atoms with Gasteiger partial charge in [-0.2, -0.15) is 0 Å². The van der Waals surface area contributed by atoms with Crippen molar-refractivity contribution in [1.29, 1.82) is 0 Å². The summed E-state index contributed by atoms with van der Waals surface area (Å²) in [4.78, 5) is 0.498. The summed E-state index contributed by atoms with van der Waals surface area (Å²) < 4.78 is 5.62. The van der Waals surface area contributed by atoms with Crippen molar-refractivity contribution in [2.75, 3.05) is 6.61 Å². The Morgan fingerprint density at radius 2 is 2.29 bits per heavy atom. The highest BCUT2D eigenvalue weighted by Gasteiger charge is 2.29. The standard InChI is InChI=1S/C12H15BrO/c1-3-14-11-6-4-5-9-10(11)7-8(2)12(9)13/h4-6,8,12H,3,7H2,1-2H3. The van der Waals surface area contributed by atoms with Gasteiger partial charge < -0.3 is 4.74 Å². The van der Waals surface area contributed by atoms with Crippen LogP contribution in [-0.2, 0) is 6.42 Å². The molecule has 14 heavy (non-hydrogen) atoms. The van der Waals surface area contributed by atoms with Crippen LogP contribution in [0.15, 0.2) is 18.2 Å². The van der Waals surface area contributed by atoms with Gasteiger partial charge in [-0.3, -0.25) is 0 Å². The maximum absolute atomic E-state index is 5.62. The van der Waals surface area contributed by atoms with Crippen molar-refractivity contribution in [2.45, 2.75) is 25.1 Å². The van der Waals surface area contributed by atoms with Crippen molar-refractivity contribution in [3.8, 4) is 5.75 Å². The maximum atomic E-state index is 5.62. The molecule has 0 radical (unpaired) electrons. The highest BCUT2D eigenvalue weighted by atomic mass is 79.9. The monoisotopic (exact) mass is 254 g/mol. The minimum Gasteiger partial charge on any atom is -0.494 e. The van der Waals surface area contributed by atoms with Crippen LogP contribution in [0.25, 0.3) is 0 Å². The number of alkyl halides is 1. The second kappa shape index (κ2) is 3.93. The molecule has 0 saturated carbocycles. The molecule has 1 aliphatic carbocycles. The normalized spacial score (nSPS) is 24.8. The maximum Gasteiger partial charge on any atom is 0.122 e. The lowest BCUT2D eigenvalue weighted by Gasteiger charge is -2.09. The predicted molar refractivity (Wildman–Crippen MR) is 62.1 cm³/mol. The van der Waals surface area contributed by atoms with E-state index in [9.17, 15) is 0 Å². The molecule has 2 atom stereocenters. The summed E-state index contributed by atoms with van der Waals surface area (Å²) in [5.41, 5.74) is 2.80. The van der Waals surface area contributed by atoms with Crippen molar-refractivity contribution >= 4 is 15.9 Å². The Labute approximate surface area is 93.6 Å². The molecule has 0 aliphatic heterocycles. The number of rotatable bonds is 2. The van der Waals surface area contributed by atoms with E-state index in [1.54, 1.807) is 0 Å². The van der Waals surface area contributed by atoms with Gasteiger partial charge in [0.15, 0.2) is 0 Å². The van der Waals surface area contributed by atoms with Gasteiger partial charge in [0, 0.05) is 4.83 Å². The molecule has 1 aromatic carbocycles. The molecular weight excluding hydrogens is 240 g/mol. The number of hydrogen-bond acceptors (Lipinski definition) is 1. The molecule has 76 valence electrons. The Kier molecular flexibility index (Phi) is 2.82. The summed E-state index contributed by atoms with van der Waals surface area (Å²) in [6.07, 6.45) is 1.13. The van der Waals surface area contributed by atoms with Gasteiger partial charge in [-0.25, -0.2) is 0 Å². The van der Waals surface area contributed by atoms with Crippen molar-refractivity contribution in [1.82, 2.24) is 0 Å². The Balaban J connectivity index is 2.40. The third kappa shape index (κ3) is 1.56. The van der Waals surface area contributed by atoms with E-state index >= 15 is 0 Å². The van der Waals surface area contributed by atoms with E-state index in [2.05, 4.69) is 41.1 Å². The summed E-state index contributed by atoms with van der Waals surface area (Å²) in [6.45, 7) is 5.05. The van der Waals surface area contributed by atoms with Crippen LogP contribution in [-0.4, -0.2) is 6.61 Å². The fourth-order valence-electron chi connectivity index (χ4n) is 2.08. The third-order valence-corrected chi connectivity index (χ3v) is 4.19. The lowest BCUT2D eigenvalue weighted by atomic mass is 10.1. The zero-order valence-corrected chi connectivity index (χ0v) is 10.2. The van der Waals surface area contributed by atoms with Crippen LogP contribution >= 0.6 is 15.9 Å². The van der Waals surface area contributed by atoms with E-state index in [-0.39, 0.29) is 0 Å². The first kappa shape index (κ1) is 10.0. The van der Waals surface area contributed by atoms with Gasteiger partial charge >= 0.3 is 0 Å². The van der Waals surface area contributed by atoms with Crippen molar-refractivity contribution in [3.05, 3.63) is 29.3 Å². The molecule has 1 aliphatic rings. The van der Waals surface area contributed by atoms with Gasteiger partial charge in [0.05, 0.1) is 6.61 Å². The lowest BCUT2D eigenvalue weighted by molar-refractivity contribution is 0.336. The van der Waals surface area contributed by atoms with Crippen LogP contribution in [0.1, 0.15) is 29.8 Å². The van der Waals surface area contributed by atoms with Crippen LogP contribution in [0.3, 0.4) is 0 Å². The molecule has 0 spiro atoms. The van der Waals surface area contributed by atoms with E-state index in [0.717, 1.165) is 18.8 Å². The second-order valence-electron chi connectivity index (χ2n) is 3.84. The highest BCUT2D eigenvalue weighted by molar-refractivity contribution is 9.09. The summed E-state index contributed by atoms with van der Waals surface area (Å²) >= 11 is 3.73. The van der Waals surface area contributed by atoms with Crippen LogP contribution in [0.5, 0.6) is 5.75 Å². The third-order valence-electron chi connectivity index (χ3n) is 2.79.